The molecule has 256 valence electrons. The van der Waals surface area contributed by atoms with Crippen molar-refractivity contribution in [2.45, 2.75) is 169 Å². The zero-order chi connectivity index (χ0) is 34.8. The molecule has 5 rings (SSSR count). The van der Waals surface area contributed by atoms with Crippen LogP contribution in [0.1, 0.15) is 190 Å². The van der Waals surface area contributed by atoms with Crippen molar-refractivity contribution in [3.05, 3.63) is 57.4 Å². The van der Waals surface area contributed by atoms with Crippen molar-refractivity contribution >= 4 is 0 Å². The summed E-state index contributed by atoms with van der Waals surface area (Å²) in [5, 5.41) is 0. The lowest BCUT2D eigenvalue weighted by atomic mass is 9.82. The number of hydrogen-bond donors (Lipinski definition) is 0. The van der Waals surface area contributed by atoms with Crippen molar-refractivity contribution in [2.75, 3.05) is 6.61 Å². The predicted molar refractivity (Wildman–Crippen MR) is 188 cm³/mol. The lowest BCUT2D eigenvalue weighted by molar-refractivity contribution is 0.225. The molecule has 0 aromatic carbocycles. The van der Waals surface area contributed by atoms with Crippen LogP contribution >= 0.6 is 0 Å². The van der Waals surface area contributed by atoms with Gasteiger partial charge in [-0.05, 0) is 62.7 Å². The molecule has 2 aliphatic carbocycles. The molecule has 0 spiro atoms. The summed E-state index contributed by atoms with van der Waals surface area (Å²) in [7, 11) is 0. The van der Waals surface area contributed by atoms with Gasteiger partial charge in [0, 0.05) is 46.1 Å². The van der Waals surface area contributed by atoms with Gasteiger partial charge >= 0.3 is 0 Å². The number of nitrogens with zero attached hydrogens (tertiary/aromatic N) is 6. The molecular weight excluding hydrogens is 584 g/mol. The third-order valence-electron chi connectivity index (χ3n) is 9.27. The van der Waals surface area contributed by atoms with Gasteiger partial charge in [-0.2, -0.15) is 4.98 Å². The zero-order valence-corrected chi connectivity index (χ0v) is 31.7. The van der Waals surface area contributed by atoms with Crippen LogP contribution in [0.5, 0.6) is 11.8 Å². The molecule has 0 aliphatic heterocycles. The number of rotatable bonds is 9. The summed E-state index contributed by atoms with van der Waals surface area (Å²) < 4.78 is 12.5. The van der Waals surface area contributed by atoms with Crippen molar-refractivity contribution in [1.29, 1.82) is 0 Å². The molecule has 3 heterocycles. The van der Waals surface area contributed by atoms with Gasteiger partial charge in [-0.15, -0.1) is 0 Å². The van der Waals surface area contributed by atoms with Crippen molar-refractivity contribution in [3.8, 4) is 11.8 Å². The first-order valence-electron chi connectivity index (χ1n) is 17.7. The highest BCUT2D eigenvalue weighted by Crippen LogP contribution is 2.59. The fraction of sp³-hybridized carbons (Fsp3) is 0.692. The molecule has 8 heteroatoms. The first kappa shape index (κ1) is 35.2. The van der Waals surface area contributed by atoms with Gasteiger partial charge in [-0.1, -0.05) is 76.2 Å². The highest BCUT2D eigenvalue weighted by atomic mass is 16.5. The van der Waals surface area contributed by atoms with Crippen molar-refractivity contribution in [2.24, 2.45) is 0 Å². The maximum atomic E-state index is 6.32. The maximum absolute atomic E-state index is 6.32. The lowest BCUT2D eigenvalue weighted by Gasteiger charge is -2.27. The minimum Gasteiger partial charge on any atom is -0.478 e. The topological polar surface area (TPSA) is 95.8 Å². The van der Waals surface area contributed by atoms with Gasteiger partial charge in [0.05, 0.1) is 29.8 Å². The van der Waals surface area contributed by atoms with Crippen LogP contribution < -0.4 is 9.47 Å². The Morgan fingerprint density at radius 1 is 0.660 bits per heavy atom. The first-order chi connectivity index (χ1) is 21.7. The molecule has 2 aliphatic rings. The van der Waals surface area contributed by atoms with Crippen LogP contribution in [-0.2, 0) is 16.2 Å². The fourth-order valence-corrected chi connectivity index (χ4v) is 7.23. The molecule has 0 saturated heterocycles. The summed E-state index contributed by atoms with van der Waals surface area (Å²) >= 11 is 0. The largest absolute Gasteiger partial charge is 0.478 e. The molecule has 2 fully saturated rings. The van der Waals surface area contributed by atoms with E-state index in [1.165, 1.54) is 11.3 Å². The molecule has 2 saturated carbocycles. The van der Waals surface area contributed by atoms with Gasteiger partial charge in [-0.25, -0.2) is 24.9 Å². The normalized spacial score (nSPS) is 21.4. The maximum Gasteiger partial charge on any atom is 0.220 e. The molecule has 0 amide bonds. The average Bonchev–Trinajstić information content (AvgIpc) is 3.84. The predicted octanol–water partition coefficient (Wildman–Crippen LogP) is 9.11. The molecular formula is C39H58N6O2. The van der Waals surface area contributed by atoms with Crippen molar-refractivity contribution < 1.29 is 9.47 Å². The SMILES string of the molecule is CCOc1nc(C2CC2c2ncnc(OC(C)C)c2C(C)(C)C)nc(C2CC2c2nc(C)c(C(C)(C)C)c(C(C)C)n2)c1C(C)(C)C. The Hall–Kier alpha value is -3.16. The molecule has 3 aromatic heterocycles. The first-order valence-corrected chi connectivity index (χ1v) is 17.7. The summed E-state index contributed by atoms with van der Waals surface area (Å²) in [5.74, 6) is 4.29. The summed E-state index contributed by atoms with van der Waals surface area (Å²) in [4.78, 5) is 30.4. The standard InChI is InChI=1S/C39H58N6O2/c1-16-46-36-29(39(13,14)15)32(24-18-26(24)33-42-22(6)27(37(7,8)9)30(43-33)20(2)3)44-34(45-36)25-17-23(25)31-28(38(10,11)12)35(41-19-40-31)47-21(4)5/h19-21,23-26H,16-18H2,1-15H3. The van der Waals surface area contributed by atoms with E-state index in [1.807, 2.05) is 20.8 Å². The van der Waals surface area contributed by atoms with Crippen molar-refractivity contribution in [1.82, 2.24) is 29.9 Å². The Bertz CT molecular complexity index is 1630. The Morgan fingerprint density at radius 2 is 1.19 bits per heavy atom. The Labute approximate surface area is 283 Å². The Morgan fingerprint density at radius 3 is 1.70 bits per heavy atom. The van der Waals surface area contributed by atoms with Crippen LogP contribution in [0.3, 0.4) is 0 Å². The van der Waals surface area contributed by atoms with Gasteiger partial charge in [-0.3, -0.25) is 0 Å². The van der Waals surface area contributed by atoms with Gasteiger partial charge in [0.15, 0.2) is 0 Å². The summed E-state index contributed by atoms with van der Waals surface area (Å²) in [6.07, 6.45) is 3.58. The van der Waals surface area contributed by atoms with Crippen molar-refractivity contribution in [3.63, 3.8) is 0 Å². The molecule has 4 unspecified atom stereocenters. The van der Waals surface area contributed by atoms with Crippen LogP contribution in [0, 0.1) is 6.92 Å². The van der Waals surface area contributed by atoms with E-state index < -0.39 is 0 Å². The fourth-order valence-electron chi connectivity index (χ4n) is 7.23. The second kappa shape index (κ2) is 12.4. The third-order valence-corrected chi connectivity index (χ3v) is 9.27. The van der Waals surface area contributed by atoms with E-state index in [0.717, 1.165) is 52.7 Å². The summed E-state index contributed by atoms with van der Waals surface area (Å²) in [6.45, 7) is 33.4. The van der Waals surface area contributed by atoms with E-state index in [2.05, 4.69) is 88.1 Å². The van der Waals surface area contributed by atoms with Crippen LogP contribution in [0.15, 0.2) is 6.33 Å². The van der Waals surface area contributed by atoms with Crippen LogP contribution in [0.4, 0.5) is 0 Å². The van der Waals surface area contributed by atoms with E-state index >= 15 is 0 Å². The van der Waals surface area contributed by atoms with Crippen LogP contribution in [0.2, 0.25) is 0 Å². The lowest BCUT2D eigenvalue weighted by Crippen LogP contribution is -2.21. The third kappa shape index (κ3) is 7.17. The smallest absolute Gasteiger partial charge is 0.220 e. The van der Waals surface area contributed by atoms with Gasteiger partial charge in [0.2, 0.25) is 11.8 Å². The number of ether oxygens (including phenoxy) is 2. The van der Waals surface area contributed by atoms with E-state index in [0.29, 0.717) is 24.3 Å². The highest BCUT2D eigenvalue weighted by Gasteiger charge is 2.50. The monoisotopic (exact) mass is 642 g/mol. The van der Waals surface area contributed by atoms with Gasteiger partial charge in [0.1, 0.15) is 18.0 Å². The minimum absolute atomic E-state index is 0.0163. The Kier molecular flexibility index (Phi) is 9.26. The van der Waals surface area contributed by atoms with E-state index in [-0.39, 0.29) is 46.0 Å². The number of aromatic nitrogens is 6. The second-order valence-electron chi connectivity index (χ2n) is 17.4. The zero-order valence-electron chi connectivity index (χ0n) is 31.7. The van der Waals surface area contributed by atoms with E-state index in [1.54, 1.807) is 6.33 Å². The van der Waals surface area contributed by atoms with E-state index in [4.69, 9.17) is 34.4 Å². The quantitative estimate of drug-likeness (QED) is 0.228. The molecule has 0 radical (unpaired) electrons. The molecule has 0 N–H and O–H groups in total. The van der Waals surface area contributed by atoms with Crippen LogP contribution in [0.25, 0.3) is 0 Å². The van der Waals surface area contributed by atoms with Gasteiger partial charge < -0.3 is 9.47 Å². The number of aryl methyl sites for hydroxylation is 1. The highest BCUT2D eigenvalue weighted by molar-refractivity contribution is 5.47. The molecule has 4 atom stereocenters. The summed E-state index contributed by atoms with van der Waals surface area (Å²) in [6, 6.07) is 0. The Balaban J connectivity index is 1.57. The molecule has 3 aromatic rings. The summed E-state index contributed by atoms with van der Waals surface area (Å²) in [5.41, 5.74) is 7.46. The number of hydrogen-bond acceptors (Lipinski definition) is 8. The molecule has 8 nitrogen and oxygen atoms in total. The second-order valence-corrected chi connectivity index (χ2v) is 17.4. The minimum atomic E-state index is -0.195. The molecule has 47 heavy (non-hydrogen) atoms. The van der Waals surface area contributed by atoms with Gasteiger partial charge in [0.25, 0.3) is 0 Å². The average molecular weight is 643 g/mol. The molecule has 0 bridgehead atoms. The van der Waals surface area contributed by atoms with Crippen LogP contribution in [-0.4, -0.2) is 42.6 Å². The van der Waals surface area contributed by atoms with E-state index in [9.17, 15) is 0 Å².